The molecule has 2 saturated heterocycles. The molecule has 14 nitrogen and oxygen atoms in total. The number of carbonyl (C=O) groups is 1. The van der Waals surface area contributed by atoms with Crippen molar-refractivity contribution in [2.75, 3.05) is 13.2 Å². The van der Waals surface area contributed by atoms with Crippen LogP contribution in [-0.2, 0) is 20.8 Å². The summed E-state index contributed by atoms with van der Waals surface area (Å²) in [6, 6.07) is 12.0. The maximum absolute atomic E-state index is 12.6. The Bertz CT molecular complexity index is 1110. The fourth-order valence-electron chi connectivity index (χ4n) is 4.22. The van der Waals surface area contributed by atoms with Crippen molar-refractivity contribution < 1.29 is 69.3 Å². The quantitative estimate of drug-likeness (QED) is 0.145. The number of aliphatic hydroxyl groups excluding tert-OH is 8. The van der Waals surface area contributed by atoms with E-state index in [0.29, 0.717) is 5.56 Å². The fraction of sp³-hybridized carbons (Fsp3) is 0.500. The lowest BCUT2D eigenvalue weighted by Gasteiger charge is -2.39. The molecule has 2 aliphatic heterocycles. The van der Waals surface area contributed by atoms with Crippen molar-refractivity contribution in [2.45, 2.75) is 68.0 Å². The second-order valence-electron chi connectivity index (χ2n) is 9.34. The number of esters is 1. The van der Waals surface area contributed by atoms with Gasteiger partial charge in [0.2, 0.25) is 12.6 Å². The zero-order chi connectivity index (χ0) is 29.0. The van der Waals surface area contributed by atoms with Crippen LogP contribution in [0.2, 0.25) is 0 Å². The Morgan fingerprint density at radius 2 is 1.20 bits per heavy atom. The zero-order valence-electron chi connectivity index (χ0n) is 21.0. The first-order chi connectivity index (χ1) is 19.1. The lowest BCUT2D eigenvalue weighted by molar-refractivity contribution is -0.277. The minimum Gasteiger partial charge on any atom is -0.462 e. The van der Waals surface area contributed by atoms with E-state index in [2.05, 4.69) is 0 Å². The molecule has 2 aliphatic rings. The molecule has 0 saturated carbocycles. The minimum atomic E-state index is -1.62. The molecular formula is C26H32O14. The maximum Gasteiger partial charge on any atom is 0.338 e. The molecule has 2 aromatic rings. The van der Waals surface area contributed by atoms with Crippen molar-refractivity contribution in [1.82, 2.24) is 0 Å². The predicted octanol–water partition coefficient (Wildman–Crippen LogP) is -2.60. The smallest absolute Gasteiger partial charge is 0.338 e. The third-order valence-electron chi connectivity index (χ3n) is 6.61. The molecule has 0 unspecified atom stereocenters. The summed E-state index contributed by atoms with van der Waals surface area (Å²) in [6.07, 6.45) is -14.6. The van der Waals surface area contributed by atoms with E-state index in [1.165, 1.54) is 30.3 Å². The first-order valence-electron chi connectivity index (χ1n) is 12.4. The average molecular weight is 569 g/mol. The van der Waals surface area contributed by atoms with E-state index in [4.69, 9.17) is 23.7 Å². The van der Waals surface area contributed by atoms with Crippen molar-refractivity contribution in [3.05, 3.63) is 59.7 Å². The summed E-state index contributed by atoms with van der Waals surface area (Å²) in [7, 11) is 0. The van der Waals surface area contributed by atoms with E-state index in [1.807, 2.05) is 0 Å². The molecule has 2 fully saturated rings. The number of para-hydroxylation sites is 1. The van der Waals surface area contributed by atoms with Gasteiger partial charge < -0.3 is 64.5 Å². The van der Waals surface area contributed by atoms with Gasteiger partial charge in [-0.2, -0.15) is 0 Å². The number of carbonyl (C=O) groups excluding carboxylic acids is 1. The van der Waals surface area contributed by atoms with Crippen LogP contribution >= 0.6 is 0 Å². The van der Waals surface area contributed by atoms with Gasteiger partial charge in [-0.15, -0.1) is 0 Å². The van der Waals surface area contributed by atoms with Gasteiger partial charge in [0.25, 0.3) is 0 Å². The molecule has 220 valence electrons. The third kappa shape index (κ3) is 6.53. The Morgan fingerprint density at radius 1 is 0.675 bits per heavy atom. The topological polar surface area (TPSA) is 225 Å². The summed E-state index contributed by atoms with van der Waals surface area (Å²) in [4.78, 5) is 12.6. The van der Waals surface area contributed by atoms with Gasteiger partial charge in [0.05, 0.1) is 18.8 Å². The molecule has 0 aromatic heterocycles. The molecule has 0 amide bonds. The van der Waals surface area contributed by atoms with E-state index >= 15 is 0 Å². The Hall–Kier alpha value is -2.89. The van der Waals surface area contributed by atoms with E-state index in [1.54, 1.807) is 18.2 Å². The lowest BCUT2D eigenvalue weighted by atomic mass is 9.99. The number of ether oxygens (including phenoxy) is 5. The van der Waals surface area contributed by atoms with Crippen LogP contribution in [0.3, 0.4) is 0 Å². The normalized spacial score (nSPS) is 34.2. The van der Waals surface area contributed by atoms with Crippen LogP contribution in [0.4, 0.5) is 0 Å². The lowest BCUT2D eigenvalue weighted by Crippen LogP contribution is -2.60. The van der Waals surface area contributed by atoms with Crippen LogP contribution in [0, 0.1) is 0 Å². The molecule has 2 heterocycles. The standard InChI is InChI=1S/C26H32O14/c27-9-16-18(29)20(31)22(33)25(39-16)37-14-7-5-12(6-8-14)24(35)36-11-13-3-1-2-4-15(13)38-26-23(34)21(32)19(30)17(10-28)40-26/h1-8,16-23,25-34H,9-11H2/t16-,17-,18-,19-,20+,21+,22-,23-,25-,26-/m1/s1. The summed E-state index contributed by atoms with van der Waals surface area (Å²) >= 11 is 0. The van der Waals surface area contributed by atoms with E-state index in [-0.39, 0.29) is 23.7 Å². The van der Waals surface area contributed by atoms with Gasteiger partial charge >= 0.3 is 5.97 Å². The molecule has 0 spiro atoms. The average Bonchev–Trinajstić information content (AvgIpc) is 2.97. The van der Waals surface area contributed by atoms with Crippen molar-refractivity contribution in [3.63, 3.8) is 0 Å². The first kappa shape index (κ1) is 30.1. The van der Waals surface area contributed by atoms with Gasteiger partial charge in [0, 0.05) is 5.56 Å². The second-order valence-corrected chi connectivity index (χ2v) is 9.34. The molecule has 4 rings (SSSR count). The highest BCUT2D eigenvalue weighted by atomic mass is 16.7. The zero-order valence-corrected chi connectivity index (χ0v) is 21.0. The fourth-order valence-corrected chi connectivity index (χ4v) is 4.22. The second kappa shape index (κ2) is 13.2. The van der Waals surface area contributed by atoms with E-state index < -0.39 is 80.6 Å². The number of hydrogen-bond donors (Lipinski definition) is 8. The molecule has 0 aliphatic carbocycles. The van der Waals surface area contributed by atoms with Crippen LogP contribution in [0.5, 0.6) is 11.5 Å². The van der Waals surface area contributed by atoms with Crippen molar-refractivity contribution in [2.24, 2.45) is 0 Å². The van der Waals surface area contributed by atoms with Crippen LogP contribution in [0.1, 0.15) is 15.9 Å². The van der Waals surface area contributed by atoms with Gasteiger partial charge in [0.1, 0.15) is 66.9 Å². The number of aliphatic hydroxyl groups is 8. The minimum absolute atomic E-state index is 0.147. The molecular weight excluding hydrogens is 536 g/mol. The monoisotopic (exact) mass is 568 g/mol. The van der Waals surface area contributed by atoms with Crippen molar-refractivity contribution in [3.8, 4) is 11.5 Å². The highest BCUT2D eigenvalue weighted by molar-refractivity contribution is 5.89. The van der Waals surface area contributed by atoms with Crippen LogP contribution < -0.4 is 9.47 Å². The SMILES string of the molecule is O=C(OCc1ccccc1O[C@@H]1O[C@H](CO)[C@@H](O)[C@H](O)[C@H]1O)c1ccc(O[C@@H]2O[C@H](CO)[C@@H](O)[C@H](O)[C@H]2O)cc1. The Balaban J connectivity index is 1.35. The van der Waals surface area contributed by atoms with Crippen LogP contribution in [0.25, 0.3) is 0 Å². The maximum atomic E-state index is 12.6. The van der Waals surface area contributed by atoms with Gasteiger partial charge in [0.15, 0.2) is 0 Å². The summed E-state index contributed by atoms with van der Waals surface area (Å²) in [5.74, 6) is -0.371. The van der Waals surface area contributed by atoms with Gasteiger partial charge in [-0.1, -0.05) is 18.2 Å². The molecule has 10 atom stereocenters. The first-order valence-corrected chi connectivity index (χ1v) is 12.4. The van der Waals surface area contributed by atoms with Crippen molar-refractivity contribution in [1.29, 1.82) is 0 Å². The molecule has 2 aromatic carbocycles. The number of benzene rings is 2. The summed E-state index contributed by atoms with van der Waals surface area (Å²) in [6.45, 7) is -1.46. The number of hydrogen-bond acceptors (Lipinski definition) is 14. The van der Waals surface area contributed by atoms with Crippen LogP contribution in [0.15, 0.2) is 48.5 Å². The van der Waals surface area contributed by atoms with Crippen LogP contribution in [-0.4, -0.2) is 121 Å². The summed E-state index contributed by atoms with van der Waals surface area (Å²) in [5.41, 5.74) is 0.545. The largest absolute Gasteiger partial charge is 0.462 e. The molecule has 14 heteroatoms. The van der Waals surface area contributed by atoms with E-state index in [0.717, 1.165) is 0 Å². The van der Waals surface area contributed by atoms with E-state index in [9.17, 15) is 45.6 Å². The Kier molecular flexibility index (Phi) is 9.91. The third-order valence-corrected chi connectivity index (χ3v) is 6.61. The van der Waals surface area contributed by atoms with Gasteiger partial charge in [-0.05, 0) is 30.3 Å². The highest BCUT2D eigenvalue weighted by Gasteiger charge is 2.45. The summed E-state index contributed by atoms with van der Waals surface area (Å²) < 4.78 is 27.2. The van der Waals surface area contributed by atoms with Gasteiger partial charge in [-0.3, -0.25) is 0 Å². The highest BCUT2D eigenvalue weighted by Crippen LogP contribution is 2.28. The Morgan fingerprint density at radius 3 is 1.75 bits per heavy atom. The number of rotatable bonds is 9. The summed E-state index contributed by atoms with van der Waals surface area (Å²) in [5, 5.41) is 78.7. The van der Waals surface area contributed by atoms with Gasteiger partial charge in [-0.25, -0.2) is 4.79 Å². The predicted molar refractivity (Wildman–Crippen MR) is 131 cm³/mol. The molecule has 0 bridgehead atoms. The van der Waals surface area contributed by atoms with Crippen molar-refractivity contribution >= 4 is 5.97 Å². The Labute approximate surface area is 228 Å². The molecule has 0 radical (unpaired) electrons. The molecule has 40 heavy (non-hydrogen) atoms. The molecule has 8 N–H and O–H groups in total.